The van der Waals surface area contributed by atoms with Crippen molar-refractivity contribution in [2.75, 3.05) is 32.1 Å². The number of hydrogen-bond donors (Lipinski definition) is 0. The molecule has 0 unspecified atom stereocenters. The summed E-state index contributed by atoms with van der Waals surface area (Å²) in [4.78, 5) is 15.5. The Kier molecular flexibility index (Phi) is 5.73. The smallest absolute Gasteiger partial charge is 0.255 e. The summed E-state index contributed by atoms with van der Waals surface area (Å²) in [6, 6.07) is 7.93. The standard InChI is InChI=1S/C15H21NO2S/c1-2-3-12-19-14-7-5-4-6-13(14)15(17)16-8-10-18-11-9-16/h4-7H,2-3,8-12H2,1H3. The van der Waals surface area contributed by atoms with Crippen molar-refractivity contribution in [1.29, 1.82) is 0 Å². The van der Waals surface area contributed by atoms with E-state index in [1.165, 1.54) is 12.8 Å². The van der Waals surface area contributed by atoms with Gasteiger partial charge in [-0.15, -0.1) is 11.8 Å². The maximum absolute atomic E-state index is 12.5. The number of nitrogens with zero attached hydrogens (tertiary/aromatic N) is 1. The summed E-state index contributed by atoms with van der Waals surface area (Å²) in [6.45, 7) is 4.89. The maximum Gasteiger partial charge on any atom is 0.255 e. The molecule has 1 fully saturated rings. The summed E-state index contributed by atoms with van der Waals surface area (Å²) >= 11 is 1.79. The Morgan fingerprint density at radius 3 is 2.79 bits per heavy atom. The third-order valence-corrected chi connectivity index (χ3v) is 4.33. The first-order valence-electron chi connectivity index (χ1n) is 6.91. The van der Waals surface area contributed by atoms with Crippen LogP contribution in [0.4, 0.5) is 0 Å². The van der Waals surface area contributed by atoms with Gasteiger partial charge in [-0.25, -0.2) is 0 Å². The zero-order valence-corrected chi connectivity index (χ0v) is 12.2. The van der Waals surface area contributed by atoms with Gasteiger partial charge in [0.05, 0.1) is 18.8 Å². The third-order valence-electron chi connectivity index (χ3n) is 3.17. The quantitative estimate of drug-likeness (QED) is 0.613. The van der Waals surface area contributed by atoms with Gasteiger partial charge in [0.1, 0.15) is 0 Å². The van der Waals surface area contributed by atoms with Crippen LogP contribution in [-0.2, 0) is 4.74 Å². The van der Waals surface area contributed by atoms with E-state index in [9.17, 15) is 4.79 Å². The molecule has 0 bridgehead atoms. The summed E-state index contributed by atoms with van der Waals surface area (Å²) < 4.78 is 5.30. The van der Waals surface area contributed by atoms with E-state index in [2.05, 4.69) is 6.92 Å². The van der Waals surface area contributed by atoms with Crippen LogP contribution in [0.1, 0.15) is 30.1 Å². The Bertz CT molecular complexity index is 416. The first-order chi connectivity index (χ1) is 9.33. The lowest BCUT2D eigenvalue weighted by molar-refractivity contribution is 0.0300. The molecule has 0 saturated carbocycles. The molecule has 2 rings (SSSR count). The van der Waals surface area contributed by atoms with Crippen molar-refractivity contribution >= 4 is 17.7 Å². The Hall–Kier alpha value is -1.00. The van der Waals surface area contributed by atoms with Crippen LogP contribution in [0.3, 0.4) is 0 Å². The zero-order chi connectivity index (χ0) is 13.5. The Labute approximate surface area is 119 Å². The van der Waals surface area contributed by atoms with E-state index >= 15 is 0 Å². The molecular formula is C15H21NO2S. The number of thioether (sulfide) groups is 1. The highest BCUT2D eigenvalue weighted by Crippen LogP contribution is 2.25. The molecule has 0 radical (unpaired) electrons. The zero-order valence-electron chi connectivity index (χ0n) is 11.4. The fraction of sp³-hybridized carbons (Fsp3) is 0.533. The van der Waals surface area contributed by atoms with Crippen LogP contribution < -0.4 is 0 Å². The van der Waals surface area contributed by atoms with Crippen molar-refractivity contribution in [1.82, 2.24) is 4.90 Å². The lowest BCUT2D eigenvalue weighted by Gasteiger charge is -2.27. The molecule has 0 spiro atoms. The van der Waals surface area contributed by atoms with Crippen LogP contribution in [-0.4, -0.2) is 42.9 Å². The van der Waals surface area contributed by atoms with Gasteiger partial charge in [0.15, 0.2) is 0 Å². The monoisotopic (exact) mass is 279 g/mol. The van der Waals surface area contributed by atoms with Gasteiger partial charge in [0, 0.05) is 18.0 Å². The van der Waals surface area contributed by atoms with Crippen molar-refractivity contribution in [2.45, 2.75) is 24.7 Å². The number of benzene rings is 1. The minimum Gasteiger partial charge on any atom is -0.378 e. The largest absolute Gasteiger partial charge is 0.378 e. The maximum atomic E-state index is 12.5. The van der Waals surface area contributed by atoms with Crippen LogP contribution in [0.2, 0.25) is 0 Å². The molecule has 1 aliphatic heterocycles. The first-order valence-corrected chi connectivity index (χ1v) is 7.90. The summed E-state index contributed by atoms with van der Waals surface area (Å²) in [5.41, 5.74) is 0.838. The number of morpholine rings is 1. The minimum atomic E-state index is 0.142. The van der Waals surface area contributed by atoms with Crippen molar-refractivity contribution in [3.05, 3.63) is 29.8 Å². The average Bonchev–Trinajstić information content (AvgIpc) is 2.48. The highest BCUT2D eigenvalue weighted by atomic mass is 32.2. The summed E-state index contributed by atoms with van der Waals surface area (Å²) in [5, 5.41) is 0. The van der Waals surface area contributed by atoms with Crippen LogP contribution in [0, 0.1) is 0 Å². The van der Waals surface area contributed by atoms with Gasteiger partial charge in [-0.05, 0) is 24.3 Å². The average molecular weight is 279 g/mol. The molecule has 0 aromatic heterocycles. The predicted octanol–water partition coefficient (Wildman–Crippen LogP) is 3.05. The topological polar surface area (TPSA) is 29.5 Å². The molecule has 1 aliphatic rings. The van der Waals surface area contributed by atoms with E-state index in [1.54, 1.807) is 11.8 Å². The van der Waals surface area contributed by atoms with Gasteiger partial charge in [0.2, 0.25) is 0 Å². The van der Waals surface area contributed by atoms with Crippen LogP contribution in [0.25, 0.3) is 0 Å². The van der Waals surface area contributed by atoms with Gasteiger partial charge in [0.25, 0.3) is 5.91 Å². The molecule has 1 saturated heterocycles. The summed E-state index contributed by atoms with van der Waals surface area (Å²) in [7, 11) is 0. The summed E-state index contributed by atoms with van der Waals surface area (Å²) in [5.74, 6) is 1.21. The Morgan fingerprint density at radius 2 is 2.05 bits per heavy atom. The lowest BCUT2D eigenvalue weighted by atomic mass is 10.2. The molecule has 0 N–H and O–H groups in total. The number of unbranched alkanes of at least 4 members (excludes halogenated alkanes) is 1. The molecular weight excluding hydrogens is 258 g/mol. The van der Waals surface area contributed by atoms with E-state index < -0.39 is 0 Å². The SMILES string of the molecule is CCCCSc1ccccc1C(=O)N1CCOCC1. The molecule has 1 heterocycles. The van der Waals surface area contributed by atoms with Crippen molar-refractivity contribution in [3.63, 3.8) is 0 Å². The first kappa shape index (κ1) is 14.4. The second kappa shape index (κ2) is 7.56. The molecule has 19 heavy (non-hydrogen) atoms. The van der Waals surface area contributed by atoms with Gasteiger partial charge >= 0.3 is 0 Å². The highest BCUT2D eigenvalue weighted by Gasteiger charge is 2.20. The van der Waals surface area contributed by atoms with Gasteiger partial charge in [-0.2, -0.15) is 0 Å². The van der Waals surface area contributed by atoms with Crippen LogP contribution >= 0.6 is 11.8 Å². The second-order valence-electron chi connectivity index (χ2n) is 4.60. The number of ether oxygens (including phenoxy) is 1. The highest BCUT2D eigenvalue weighted by molar-refractivity contribution is 7.99. The van der Waals surface area contributed by atoms with E-state index in [0.29, 0.717) is 26.3 Å². The molecule has 1 aromatic carbocycles. The van der Waals surface area contributed by atoms with Crippen molar-refractivity contribution in [2.24, 2.45) is 0 Å². The number of amides is 1. The van der Waals surface area contributed by atoms with E-state index in [4.69, 9.17) is 4.74 Å². The molecule has 0 atom stereocenters. The van der Waals surface area contributed by atoms with Crippen molar-refractivity contribution < 1.29 is 9.53 Å². The van der Waals surface area contributed by atoms with Crippen LogP contribution in [0.15, 0.2) is 29.2 Å². The number of rotatable bonds is 5. The lowest BCUT2D eigenvalue weighted by Crippen LogP contribution is -2.40. The Morgan fingerprint density at radius 1 is 1.32 bits per heavy atom. The van der Waals surface area contributed by atoms with Crippen LogP contribution in [0.5, 0.6) is 0 Å². The second-order valence-corrected chi connectivity index (χ2v) is 5.74. The van der Waals surface area contributed by atoms with Gasteiger partial charge in [-0.1, -0.05) is 25.5 Å². The summed E-state index contributed by atoms with van der Waals surface area (Å²) in [6.07, 6.45) is 2.37. The normalized spacial score (nSPS) is 15.5. The van der Waals surface area contributed by atoms with Gasteiger partial charge in [-0.3, -0.25) is 4.79 Å². The fourth-order valence-electron chi connectivity index (χ4n) is 2.03. The predicted molar refractivity (Wildman–Crippen MR) is 78.8 cm³/mol. The molecule has 3 nitrogen and oxygen atoms in total. The molecule has 0 aliphatic carbocycles. The molecule has 1 amide bonds. The Balaban J connectivity index is 2.07. The minimum absolute atomic E-state index is 0.142. The van der Waals surface area contributed by atoms with E-state index in [1.807, 2.05) is 29.2 Å². The van der Waals surface area contributed by atoms with E-state index in [0.717, 1.165) is 16.2 Å². The molecule has 1 aromatic rings. The molecule has 104 valence electrons. The molecule has 4 heteroatoms. The van der Waals surface area contributed by atoms with E-state index in [-0.39, 0.29) is 5.91 Å². The number of carbonyl (C=O) groups excluding carboxylic acids is 1. The number of hydrogen-bond acceptors (Lipinski definition) is 3. The number of carbonyl (C=O) groups is 1. The van der Waals surface area contributed by atoms with Gasteiger partial charge < -0.3 is 9.64 Å². The third kappa shape index (κ3) is 3.98. The van der Waals surface area contributed by atoms with Crippen molar-refractivity contribution in [3.8, 4) is 0 Å². The fourth-order valence-corrected chi connectivity index (χ4v) is 3.17.